The molecule has 0 aliphatic heterocycles. The van der Waals surface area contributed by atoms with Gasteiger partial charge in [-0.15, -0.1) is 0 Å². The van der Waals surface area contributed by atoms with Crippen molar-refractivity contribution >= 4 is 0 Å². The van der Waals surface area contributed by atoms with Gasteiger partial charge in [-0.05, 0) is 32.9 Å². The minimum absolute atomic E-state index is 0.225. The molecule has 1 atom stereocenters. The Labute approximate surface area is 115 Å². The molecule has 4 heteroatoms. The molecule has 0 saturated heterocycles. The summed E-state index contributed by atoms with van der Waals surface area (Å²) in [6, 6.07) is 7.79. The first-order valence-electron chi connectivity index (χ1n) is 6.56. The Morgan fingerprint density at radius 1 is 1.26 bits per heavy atom. The second-order valence-electron chi connectivity index (χ2n) is 5.37. The number of aliphatic hydroxyl groups excluding tert-OH is 1. The van der Waals surface area contributed by atoms with E-state index in [0.717, 1.165) is 5.75 Å². The largest absolute Gasteiger partial charge is 0.491 e. The van der Waals surface area contributed by atoms with Gasteiger partial charge in [0.25, 0.3) is 0 Å². The lowest BCUT2D eigenvalue weighted by molar-refractivity contribution is 0.0191. The summed E-state index contributed by atoms with van der Waals surface area (Å²) in [5.74, 6) is 0.780. The van der Waals surface area contributed by atoms with Crippen LogP contribution < -0.4 is 10.1 Å². The van der Waals surface area contributed by atoms with Crippen molar-refractivity contribution in [1.82, 2.24) is 5.32 Å². The Morgan fingerprint density at radius 3 is 2.47 bits per heavy atom. The Balaban J connectivity index is 2.21. The predicted octanol–water partition coefficient (Wildman–Crippen LogP) is 1.75. The van der Waals surface area contributed by atoms with E-state index in [9.17, 15) is 5.11 Å². The van der Waals surface area contributed by atoms with E-state index in [1.165, 1.54) is 5.56 Å². The predicted molar refractivity (Wildman–Crippen MR) is 76.6 cm³/mol. The fourth-order valence-electron chi connectivity index (χ4n) is 1.50. The van der Waals surface area contributed by atoms with Gasteiger partial charge in [0.15, 0.2) is 0 Å². The summed E-state index contributed by atoms with van der Waals surface area (Å²) in [5.41, 5.74) is 0.966. The third-order valence-corrected chi connectivity index (χ3v) is 2.95. The number of hydrogen-bond donors (Lipinski definition) is 2. The van der Waals surface area contributed by atoms with Crippen molar-refractivity contribution in [3.05, 3.63) is 29.8 Å². The van der Waals surface area contributed by atoms with Crippen molar-refractivity contribution < 1.29 is 14.6 Å². The topological polar surface area (TPSA) is 50.7 Å². The third-order valence-electron chi connectivity index (χ3n) is 2.95. The van der Waals surface area contributed by atoms with Gasteiger partial charge in [-0.25, -0.2) is 0 Å². The molecule has 0 bridgehead atoms. The minimum Gasteiger partial charge on any atom is -0.491 e. The van der Waals surface area contributed by atoms with Crippen LogP contribution in [-0.4, -0.2) is 43.6 Å². The smallest absolute Gasteiger partial charge is 0.119 e. The first kappa shape index (κ1) is 16.0. The summed E-state index contributed by atoms with van der Waals surface area (Å²) < 4.78 is 10.8. The summed E-state index contributed by atoms with van der Waals surface area (Å²) in [5, 5.41) is 13.0. The van der Waals surface area contributed by atoms with Crippen molar-refractivity contribution in [1.29, 1.82) is 0 Å². The van der Waals surface area contributed by atoms with Crippen LogP contribution in [0, 0.1) is 6.92 Å². The van der Waals surface area contributed by atoms with Crippen LogP contribution in [0.2, 0.25) is 0 Å². The molecule has 0 radical (unpaired) electrons. The zero-order chi connectivity index (χ0) is 14.3. The van der Waals surface area contributed by atoms with E-state index in [1.807, 2.05) is 45.0 Å². The Bertz CT molecular complexity index is 362. The average Bonchev–Trinajstić information content (AvgIpc) is 2.38. The number of aliphatic hydroxyl groups is 1. The maximum atomic E-state index is 9.81. The molecule has 19 heavy (non-hydrogen) atoms. The lowest BCUT2D eigenvalue weighted by Gasteiger charge is -2.24. The van der Waals surface area contributed by atoms with Crippen LogP contribution in [0.3, 0.4) is 0 Å². The number of methoxy groups -OCH3 is 1. The lowest BCUT2D eigenvalue weighted by atomic mass is 10.1. The second kappa shape index (κ2) is 7.48. The highest BCUT2D eigenvalue weighted by atomic mass is 16.5. The summed E-state index contributed by atoms with van der Waals surface area (Å²) in [7, 11) is 1.68. The van der Waals surface area contributed by atoms with E-state index < -0.39 is 6.10 Å². The van der Waals surface area contributed by atoms with Crippen molar-refractivity contribution in [3.63, 3.8) is 0 Å². The van der Waals surface area contributed by atoms with Crippen LogP contribution in [0.1, 0.15) is 19.4 Å². The minimum atomic E-state index is -0.533. The summed E-state index contributed by atoms with van der Waals surface area (Å²) >= 11 is 0. The Kier molecular flexibility index (Phi) is 6.28. The first-order valence-corrected chi connectivity index (χ1v) is 6.56. The van der Waals surface area contributed by atoms with Crippen LogP contribution in [0.4, 0.5) is 0 Å². The quantitative estimate of drug-likeness (QED) is 0.753. The van der Waals surface area contributed by atoms with Gasteiger partial charge < -0.3 is 19.9 Å². The van der Waals surface area contributed by atoms with Crippen molar-refractivity contribution in [2.24, 2.45) is 0 Å². The molecule has 0 fully saturated rings. The fourth-order valence-corrected chi connectivity index (χ4v) is 1.50. The molecular formula is C15H25NO3. The number of rotatable bonds is 8. The maximum absolute atomic E-state index is 9.81. The molecule has 4 nitrogen and oxygen atoms in total. The van der Waals surface area contributed by atoms with Crippen molar-refractivity contribution in [3.8, 4) is 5.75 Å². The first-order chi connectivity index (χ1) is 8.93. The van der Waals surface area contributed by atoms with Gasteiger partial charge in [0.1, 0.15) is 18.5 Å². The van der Waals surface area contributed by atoms with E-state index >= 15 is 0 Å². The Hall–Kier alpha value is -1.10. The van der Waals surface area contributed by atoms with E-state index in [0.29, 0.717) is 13.1 Å². The monoisotopic (exact) mass is 267 g/mol. The van der Waals surface area contributed by atoms with Gasteiger partial charge >= 0.3 is 0 Å². The molecule has 0 spiro atoms. The Morgan fingerprint density at radius 2 is 1.89 bits per heavy atom. The van der Waals surface area contributed by atoms with Gasteiger partial charge in [0.05, 0.1) is 5.60 Å². The highest BCUT2D eigenvalue weighted by Crippen LogP contribution is 2.11. The van der Waals surface area contributed by atoms with Crippen molar-refractivity contribution in [2.45, 2.75) is 32.5 Å². The molecule has 1 unspecified atom stereocenters. The number of ether oxygens (including phenoxy) is 2. The number of benzene rings is 1. The maximum Gasteiger partial charge on any atom is 0.119 e. The third kappa shape index (κ3) is 6.57. The summed E-state index contributed by atoms with van der Waals surface area (Å²) in [6.07, 6.45) is -0.533. The molecule has 1 aromatic rings. The highest BCUT2D eigenvalue weighted by Gasteiger charge is 2.16. The van der Waals surface area contributed by atoms with Gasteiger partial charge in [-0.1, -0.05) is 17.7 Å². The molecule has 0 aliphatic carbocycles. The number of aryl methyl sites for hydroxylation is 1. The molecule has 2 N–H and O–H groups in total. The van der Waals surface area contributed by atoms with E-state index in [-0.39, 0.29) is 12.2 Å². The normalized spacial score (nSPS) is 13.3. The molecule has 108 valence electrons. The summed E-state index contributed by atoms with van der Waals surface area (Å²) in [6.45, 7) is 7.47. The average molecular weight is 267 g/mol. The van der Waals surface area contributed by atoms with E-state index in [2.05, 4.69) is 5.32 Å². The zero-order valence-corrected chi connectivity index (χ0v) is 12.3. The number of hydrogen-bond acceptors (Lipinski definition) is 4. The SMILES string of the molecule is COC(C)(C)CNCC(O)COc1ccc(C)cc1. The van der Waals surface area contributed by atoms with E-state index in [4.69, 9.17) is 9.47 Å². The van der Waals surface area contributed by atoms with Crippen LogP contribution >= 0.6 is 0 Å². The number of nitrogens with one attached hydrogen (secondary N) is 1. The van der Waals surface area contributed by atoms with Gasteiger partial charge in [-0.3, -0.25) is 0 Å². The molecular weight excluding hydrogens is 242 g/mol. The molecule has 0 heterocycles. The highest BCUT2D eigenvalue weighted by molar-refractivity contribution is 5.26. The standard InChI is InChI=1S/C15H25NO3/c1-12-5-7-14(8-6-12)19-10-13(17)9-16-11-15(2,3)18-4/h5-8,13,16-17H,9-11H2,1-4H3. The molecule has 0 aromatic heterocycles. The van der Waals surface area contributed by atoms with Crippen molar-refractivity contribution in [2.75, 3.05) is 26.8 Å². The van der Waals surface area contributed by atoms with Gasteiger partial charge in [0, 0.05) is 20.2 Å². The van der Waals surface area contributed by atoms with Crippen LogP contribution in [0.15, 0.2) is 24.3 Å². The molecule has 0 saturated carbocycles. The van der Waals surface area contributed by atoms with Crippen LogP contribution in [0.25, 0.3) is 0 Å². The van der Waals surface area contributed by atoms with Gasteiger partial charge in [-0.2, -0.15) is 0 Å². The molecule has 0 aliphatic rings. The molecule has 0 amide bonds. The summed E-state index contributed by atoms with van der Waals surface area (Å²) in [4.78, 5) is 0. The van der Waals surface area contributed by atoms with Crippen LogP contribution in [0.5, 0.6) is 5.75 Å². The lowest BCUT2D eigenvalue weighted by Crippen LogP contribution is -2.41. The molecule has 1 aromatic carbocycles. The fraction of sp³-hybridized carbons (Fsp3) is 0.600. The second-order valence-corrected chi connectivity index (χ2v) is 5.37. The van der Waals surface area contributed by atoms with Crippen LogP contribution in [-0.2, 0) is 4.74 Å². The van der Waals surface area contributed by atoms with E-state index in [1.54, 1.807) is 7.11 Å². The van der Waals surface area contributed by atoms with Gasteiger partial charge in [0.2, 0.25) is 0 Å². The zero-order valence-electron chi connectivity index (χ0n) is 12.3. The molecule has 1 rings (SSSR count).